The Morgan fingerprint density at radius 1 is 1.18 bits per heavy atom. The molecule has 6 nitrogen and oxygen atoms in total. The zero-order valence-electron chi connectivity index (χ0n) is 16.1. The van der Waals surface area contributed by atoms with E-state index in [0.717, 1.165) is 32.4 Å². The standard InChI is InChI=1S/C22H24N4O2/c1-15-19(13-23)21(27)24-14-20(15)22(28)26-10-8-25(9-11-26)18-7-6-16-4-2-3-5-17(16)12-18/h2-5,14,18H,6-12H2,1H3,(H,24,27). The van der Waals surface area contributed by atoms with Crippen LogP contribution in [0.4, 0.5) is 0 Å². The molecule has 1 saturated heterocycles. The lowest BCUT2D eigenvalue weighted by atomic mass is 9.87. The van der Waals surface area contributed by atoms with Gasteiger partial charge in [0.05, 0.1) is 5.56 Å². The first-order valence-corrected chi connectivity index (χ1v) is 9.81. The molecule has 1 aliphatic carbocycles. The summed E-state index contributed by atoms with van der Waals surface area (Å²) in [6.45, 7) is 4.70. The van der Waals surface area contributed by atoms with Crippen LogP contribution in [0, 0.1) is 18.3 Å². The summed E-state index contributed by atoms with van der Waals surface area (Å²) < 4.78 is 0. The van der Waals surface area contributed by atoms with E-state index in [-0.39, 0.29) is 11.5 Å². The lowest BCUT2D eigenvalue weighted by Gasteiger charge is -2.41. The monoisotopic (exact) mass is 376 g/mol. The SMILES string of the molecule is Cc1c(C(=O)N2CCN(C3CCc4ccccc4C3)CC2)c[nH]c(=O)c1C#N. The molecule has 1 aliphatic heterocycles. The van der Waals surface area contributed by atoms with Gasteiger partial charge in [0, 0.05) is 38.4 Å². The molecule has 0 radical (unpaired) electrons. The van der Waals surface area contributed by atoms with Gasteiger partial charge in [0.2, 0.25) is 0 Å². The summed E-state index contributed by atoms with van der Waals surface area (Å²) in [7, 11) is 0. The van der Waals surface area contributed by atoms with E-state index in [9.17, 15) is 9.59 Å². The first kappa shape index (κ1) is 18.5. The molecule has 2 aliphatic rings. The highest BCUT2D eigenvalue weighted by Gasteiger charge is 2.29. The Bertz CT molecular complexity index is 996. The van der Waals surface area contributed by atoms with E-state index in [1.54, 1.807) is 6.92 Å². The summed E-state index contributed by atoms with van der Waals surface area (Å²) in [4.78, 5) is 31.5. The Morgan fingerprint density at radius 3 is 2.61 bits per heavy atom. The number of benzene rings is 1. The van der Waals surface area contributed by atoms with Crippen molar-refractivity contribution in [2.45, 2.75) is 32.2 Å². The van der Waals surface area contributed by atoms with Gasteiger partial charge in [-0.15, -0.1) is 0 Å². The molecular formula is C22H24N4O2. The van der Waals surface area contributed by atoms with Gasteiger partial charge in [-0.2, -0.15) is 5.26 Å². The second-order valence-corrected chi connectivity index (χ2v) is 7.64. The third-order valence-corrected chi connectivity index (χ3v) is 6.13. The van der Waals surface area contributed by atoms with Crippen LogP contribution in [0.2, 0.25) is 0 Å². The fraction of sp³-hybridized carbons (Fsp3) is 0.409. The molecule has 2 aromatic rings. The maximum atomic E-state index is 12.9. The van der Waals surface area contributed by atoms with E-state index >= 15 is 0 Å². The van der Waals surface area contributed by atoms with Crippen molar-refractivity contribution in [1.29, 1.82) is 5.26 Å². The number of fused-ring (bicyclic) bond motifs is 1. The number of hydrogen-bond acceptors (Lipinski definition) is 4. The molecule has 6 heteroatoms. The number of piperazine rings is 1. The van der Waals surface area contributed by atoms with E-state index < -0.39 is 5.56 Å². The number of carbonyl (C=O) groups excluding carboxylic acids is 1. The Hall–Kier alpha value is -2.91. The number of nitriles is 1. The largest absolute Gasteiger partial charge is 0.336 e. The molecule has 144 valence electrons. The Kier molecular flexibility index (Phi) is 5.01. The number of nitrogens with one attached hydrogen (secondary N) is 1. The molecule has 1 amide bonds. The van der Waals surface area contributed by atoms with Gasteiger partial charge < -0.3 is 9.88 Å². The molecule has 0 saturated carbocycles. The van der Waals surface area contributed by atoms with Crippen LogP contribution >= 0.6 is 0 Å². The van der Waals surface area contributed by atoms with Crippen LogP contribution in [0.1, 0.15) is 39.0 Å². The third kappa shape index (κ3) is 3.34. The van der Waals surface area contributed by atoms with Crippen molar-refractivity contribution >= 4 is 5.91 Å². The molecular weight excluding hydrogens is 352 g/mol. The van der Waals surface area contributed by atoms with Crippen molar-refractivity contribution in [3.8, 4) is 6.07 Å². The second kappa shape index (κ2) is 7.61. The van der Waals surface area contributed by atoms with Crippen molar-refractivity contribution in [3.63, 3.8) is 0 Å². The Morgan fingerprint density at radius 2 is 1.89 bits per heavy atom. The molecule has 28 heavy (non-hydrogen) atoms. The predicted octanol–water partition coefficient (Wildman–Crippen LogP) is 1.87. The normalized spacial score (nSPS) is 19.7. The first-order valence-electron chi connectivity index (χ1n) is 9.81. The van der Waals surface area contributed by atoms with E-state index in [0.29, 0.717) is 30.3 Å². The van der Waals surface area contributed by atoms with Crippen molar-refractivity contribution in [2.75, 3.05) is 26.2 Å². The lowest BCUT2D eigenvalue weighted by molar-refractivity contribution is 0.0552. The average molecular weight is 376 g/mol. The maximum Gasteiger partial charge on any atom is 0.266 e. The highest BCUT2D eigenvalue weighted by molar-refractivity contribution is 5.95. The summed E-state index contributed by atoms with van der Waals surface area (Å²) in [5.41, 5.74) is 3.36. The van der Waals surface area contributed by atoms with Gasteiger partial charge in [-0.3, -0.25) is 14.5 Å². The Balaban J connectivity index is 1.42. The Labute approximate surface area is 164 Å². The van der Waals surface area contributed by atoms with E-state index in [1.807, 2.05) is 11.0 Å². The minimum Gasteiger partial charge on any atom is -0.336 e. The molecule has 1 aromatic heterocycles. The molecule has 0 bridgehead atoms. The van der Waals surface area contributed by atoms with Gasteiger partial charge in [0.15, 0.2) is 0 Å². The van der Waals surface area contributed by atoms with Gasteiger partial charge in [-0.1, -0.05) is 24.3 Å². The molecule has 4 rings (SSSR count). The molecule has 1 aromatic carbocycles. The van der Waals surface area contributed by atoms with E-state index in [1.165, 1.54) is 17.3 Å². The van der Waals surface area contributed by atoms with Crippen molar-refractivity contribution in [3.05, 3.63) is 68.6 Å². The molecule has 0 spiro atoms. The number of hydrogen-bond donors (Lipinski definition) is 1. The minimum atomic E-state index is -0.445. The van der Waals surface area contributed by atoms with Crippen molar-refractivity contribution < 1.29 is 4.79 Å². The summed E-state index contributed by atoms with van der Waals surface area (Å²) in [5.74, 6) is -0.112. The summed E-state index contributed by atoms with van der Waals surface area (Å²) in [6.07, 6.45) is 4.79. The van der Waals surface area contributed by atoms with Gasteiger partial charge in [0.25, 0.3) is 11.5 Å². The van der Waals surface area contributed by atoms with Crippen molar-refractivity contribution in [1.82, 2.24) is 14.8 Å². The summed E-state index contributed by atoms with van der Waals surface area (Å²) in [5, 5.41) is 9.16. The fourth-order valence-corrected chi connectivity index (χ4v) is 4.43. The van der Waals surface area contributed by atoms with Crippen molar-refractivity contribution in [2.24, 2.45) is 0 Å². The zero-order valence-corrected chi connectivity index (χ0v) is 16.1. The van der Waals surface area contributed by atoms with Crippen LogP contribution in [0.5, 0.6) is 0 Å². The number of aromatic nitrogens is 1. The quantitative estimate of drug-likeness (QED) is 0.868. The number of H-pyrrole nitrogens is 1. The molecule has 1 N–H and O–H groups in total. The number of rotatable bonds is 2. The molecule has 1 atom stereocenters. The number of aryl methyl sites for hydroxylation is 1. The molecule has 2 heterocycles. The summed E-state index contributed by atoms with van der Waals surface area (Å²) in [6, 6.07) is 11.1. The molecule has 1 unspecified atom stereocenters. The van der Waals surface area contributed by atoms with Crippen LogP contribution in [-0.4, -0.2) is 52.9 Å². The topological polar surface area (TPSA) is 80.2 Å². The van der Waals surface area contributed by atoms with Crippen LogP contribution in [0.25, 0.3) is 0 Å². The minimum absolute atomic E-state index is 0.0188. The second-order valence-electron chi connectivity index (χ2n) is 7.64. The highest BCUT2D eigenvalue weighted by Crippen LogP contribution is 2.25. The lowest BCUT2D eigenvalue weighted by Crippen LogP contribution is -2.53. The number of nitrogens with zero attached hydrogens (tertiary/aromatic N) is 3. The maximum absolute atomic E-state index is 12.9. The summed E-state index contributed by atoms with van der Waals surface area (Å²) >= 11 is 0. The number of pyridine rings is 1. The zero-order chi connectivity index (χ0) is 19.7. The van der Waals surface area contributed by atoms with Gasteiger partial charge in [-0.05, 0) is 42.9 Å². The molecule has 1 fully saturated rings. The van der Waals surface area contributed by atoms with Gasteiger partial charge in [0.1, 0.15) is 11.6 Å². The van der Waals surface area contributed by atoms with Gasteiger partial charge in [-0.25, -0.2) is 0 Å². The predicted molar refractivity (Wildman–Crippen MR) is 106 cm³/mol. The van der Waals surface area contributed by atoms with E-state index in [2.05, 4.69) is 34.1 Å². The number of carbonyl (C=O) groups is 1. The third-order valence-electron chi connectivity index (χ3n) is 6.13. The number of aromatic amines is 1. The van der Waals surface area contributed by atoms with Crippen LogP contribution in [0.3, 0.4) is 0 Å². The van der Waals surface area contributed by atoms with Crippen LogP contribution in [-0.2, 0) is 12.8 Å². The van der Waals surface area contributed by atoms with Crippen LogP contribution in [0.15, 0.2) is 35.3 Å². The van der Waals surface area contributed by atoms with Gasteiger partial charge >= 0.3 is 0 Å². The highest BCUT2D eigenvalue weighted by atomic mass is 16.2. The van der Waals surface area contributed by atoms with E-state index in [4.69, 9.17) is 5.26 Å². The van der Waals surface area contributed by atoms with Crippen LogP contribution < -0.4 is 5.56 Å². The smallest absolute Gasteiger partial charge is 0.266 e. The first-order chi connectivity index (χ1) is 13.6. The fourth-order valence-electron chi connectivity index (χ4n) is 4.43. The number of amides is 1. The average Bonchev–Trinajstić information content (AvgIpc) is 2.73.